The van der Waals surface area contributed by atoms with Crippen molar-refractivity contribution in [2.75, 3.05) is 12.8 Å². The van der Waals surface area contributed by atoms with Crippen molar-refractivity contribution < 1.29 is 4.74 Å². The number of nitrogens with zero attached hydrogens (tertiary/aromatic N) is 3. The number of anilines is 1. The summed E-state index contributed by atoms with van der Waals surface area (Å²) in [7, 11) is 1.61. The van der Waals surface area contributed by atoms with Crippen molar-refractivity contribution in [3.8, 4) is 11.4 Å². The number of halogens is 1. The lowest BCUT2D eigenvalue weighted by Crippen LogP contribution is -2.03. The average molecular weight is 275 g/mol. The van der Waals surface area contributed by atoms with Crippen molar-refractivity contribution in [2.45, 2.75) is 0 Å². The van der Waals surface area contributed by atoms with Crippen molar-refractivity contribution in [3.63, 3.8) is 0 Å². The summed E-state index contributed by atoms with van der Waals surface area (Å²) in [6.07, 6.45) is 1.57. The van der Waals surface area contributed by atoms with Gasteiger partial charge in [-0.3, -0.25) is 4.57 Å². The lowest BCUT2D eigenvalue weighted by molar-refractivity contribution is 0.413. The molecule has 2 aromatic heterocycles. The Morgan fingerprint density at radius 3 is 2.89 bits per heavy atom. The number of aromatic nitrogens is 3. The molecular formula is C13H11ClN4O. The van der Waals surface area contributed by atoms with Crippen LogP contribution < -0.4 is 10.5 Å². The molecule has 0 unspecified atom stereocenters. The third kappa shape index (κ3) is 1.88. The van der Waals surface area contributed by atoms with Gasteiger partial charge in [-0.05, 0) is 18.2 Å². The fourth-order valence-corrected chi connectivity index (χ4v) is 2.16. The molecule has 3 rings (SSSR count). The van der Waals surface area contributed by atoms with Crippen molar-refractivity contribution in [2.24, 2.45) is 0 Å². The molecule has 1 aromatic carbocycles. The predicted octanol–water partition coefficient (Wildman–Crippen LogP) is 2.66. The molecule has 3 aromatic rings. The zero-order chi connectivity index (χ0) is 13.4. The number of pyridine rings is 1. The smallest absolute Gasteiger partial charge is 0.207 e. The van der Waals surface area contributed by atoms with Gasteiger partial charge in [0.1, 0.15) is 11.3 Å². The number of para-hydroxylation sites is 2. The highest BCUT2D eigenvalue weighted by Gasteiger charge is 2.14. The number of rotatable bonds is 2. The summed E-state index contributed by atoms with van der Waals surface area (Å²) in [6.45, 7) is 0. The topological polar surface area (TPSA) is 66.0 Å². The summed E-state index contributed by atoms with van der Waals surface area (Å²) in [6, 6.07) is 9.27. The SMILES string of the molecule is COc1ccccc1-n1c(N)nc2cc(Cl)cnc21. The minimum atomic E-state index is 0.342. The molecule has 0 fully saturated rings. The van der Waals surface area contributed by atoms with Gasteiger partial charge in [0, 0.05) is 6.20 Å². The average Bonchev–Trinajstić information content (AvgIpc) is 2.73. The first-order chi connectivity index (χ1) is 9.20. The van der Waals surface area contributed by atoms with E-state index < -0.39 is 0 Å². The maximum Gasteiger partial charge on any atom is 0.207 e. The Morgan fingerprint density at radius 1 is 1.32 bits per heavy atom. The summed E-state index contributed by atoms with van der Waals surface area (Å²) in [4.78, 5) is 8.55. The first-order valence-electron chi connectivity index (χ1n) is 5.63. The summed E-state index contributed by atoms with van der Waals surface area (Å²) < 4.78 is 7.08. The van der Waals surface area contributed by atoms with Gasteiger partial charge in [-0.25, -0.2) is 9.97 Å². The van der Waals surface area contributed by atoms with Crippen LogP contribution in [0.3, 0.4) is 0 Å². The molecule has 0 saturated heterocycles. The van der Waals surface area contributed by atoms with E-state index in [0.717, 1.165) is 5.69 Å². The Labute approximate surface area is 114 Å². The molecule has 0 spiro atoms. The van der Waals surface area contributed by atoms with Gasteiger partial charge in [0.2, 0.25) is 5.95 Å². The maximum atomic E-state index is 5.97. The highest BCUT2D eigenvalue weighted by atomic mass is 35.5. The maximum absolute atomic E-state index is 5.97. The fraction of sp³-hybridized carbons (Fsp3) is 0.0769. The standard InChI is InChI=1S/C13H11ClN4O/c1-19-11-5-3-2-4-10(11)18-12-9(17-13(18)15)6-8(14)7-16-12/h2-7H,1H3,(H2,15,17). The van der Waals surface area contributed by atoms with Crippen LogP contribution in [0.4, 0.5) is 5.95 Å². The van der Waals surface area contributed by atoms with E-state index in [-0.39, 0.29) is 0 Å². The van der Waals surface area contributed by atoms with Crippen molar-refractivity contribution >= 4 is 28.7 Å². The van der Waals surface area contributed by atoms with Crippen LogP contribution in [-0.2, 0) is 0 Å². The Hall–Kier alpha value is -2.27. The van der Waals surface area contributed by atoms with Gasteiger partial charge in [0.05, 0.1) is 17.8 Å². The van der Waals surface area contributed by atoms with Crippen LogP contribution in [-0.4, -0.2) is 21.6 Å². The first kappa shape index (κ1) is 11.8. The van der Waals surface area contributed by atoms with Gasteiger partial charge in [-0.15, -0.1) is 0 Å². The molecular weight excluding hydrogens is 264 g/mol. The molecule has 0 amide bonds. The Bertz CT molecular complexity index is 753. The van der Waals surface area contributed by atoms with Gasteiger partial charge in [-0.2, -0.15) is 0 Å². The lowest BCUT2D eigenvalue weighted by atomic mass is 10.3. The van der Waals surface area contributed by atoms with Crippen LogP contribution >= 0.6 is 11.6 Å². The molecule has 0 aliphatic carbocycles. The van der Waals surface area contributed by atoms with E-state index in [0.29, 0.717) is 27.9 Å². The highest BCUT2D eigenvalue weighted by Crippen LogP contribution is 2.29. The molecule has 6 heteroatoms. The van der Waals surface area contributed by atoms with E-state index in [1.807, 2.05) is 24.3 Å². The molecule has 0 bridgehead atoms. The number of hydrogen-bond acceptors (Lipinski definition) is 4. The normalized spacial score (nSPS) is 10.8. The van der Waals surface area contributed by atoms with E-state index in [1.54, 1.807) is 23.9 Å². The van der Waals surface area contributed by atoms with Gasteiger partial charge in [0.15, 0.2) is 5.65 Å². The monoisotopic (exact) mass is 274 g/mol. The number of imidazole rings is 1. The van der Waals surface area contributed by atoms with E-state index >= 15 is 0 Å². The van der Waals surface area contributed by atoms with Gasteiger partial charge < -0.3 is 10.5 Å². The molecule has 96 valence electrons. The van der Waals surface area contributed by atoms with E-state index in [4.69, 9.17) is 22.1 Å². The molecule has 2 N–H and O–H groups in total. The van der Waals surface area contributed by atoms with Gasteiger partial charge in [-0.1, -0.05) is 23.7 Å². The van der Waals surface area contributed by atoms with Crippen LogP contribution in [0.15, 0.2) is 36.5 Å². The highest BCUT2D eigenvalue weighted by molar-refractivity contribution is 6.31. The number of nitrogen functional groups attached to an aromatic ring is 1. The Balaban J connectivity index is 2.33. The van der Waals surface area contributed by atoms with Crippen LogP contribution in [0.1, 0.15) is 0 Å². The second kappa shape index (κ2) is 4.44. The number of nitrogens with two attached hydrogens (primary N) is 1. The second-order valence-electron chi connectivity index (χ2n) is 3.97. The molecule has 2 heterocycles. The van der Waals surface area contributed by atoms with Crippen LogP contribution in [0, 0.1) is 0 Å². The predicted molar refractivity (Wildman–Crippen MR) is 74.8 cm³/mol. The number of benzene rings is 1. The number of hydrogen-bond donors (Lipinski definition) is 1. The van der Waals surface area contributed by atoms with Crippen LogP contribution in [0.2, 0.25) is 5.02 Å². The largest absolute Gasteiger partial charge is 0.495 e. The lowest BCUT2D eigenvalue weighted by Gasteiger charge is -2.10. The van der Waals surface area contributed by atoms with Gasteiger partial charge >= 0.3 is 0 Å². The van der Waals surface area contributed by atoms with Crippen molar-refractivity contribution in [3.05, 3.63) is 41.6 Å². The van der Waals surface area contributed by atoms with Crippen LogP contribution in [0.25, 0.3) is 16.9 Å². The third-order valence-corrected chi connectivity index (χ3v) is 3.02. The van der Waals surface area contributed by atoms with Crippen LogP contribution in [0.5, 0.6) is 5.75 Å². The molecule has 5 nitrogen and oxygen atoms in total. The van der Waals surface area contributed by atoms with Crippen molar-refractivity contribution in [1.29, 1.82) is 0 Å². The van der Waals surface area contributed by atoms with E-state index in [9.17, 15) is 0 Å². The van der Waals surface area contributed by atoms with Gasteiger partial charge in [0.25, 0.3) is 0 Å². The zero-order valence-electron chi connectivity index (χ0n) is 10.2. The molecule has 19 heavy (non-hydrogen) atoms. The molecule has 0 radical (unpaired) electrons. The minimum absolute atomic E-state index is 0.342. The quantitative estimate of drug-likeness (QED) is 0.780. The fourth-order valence-electron chi connectivity index (χ4n) is 2.01. The molecule has 0 atom stereocenters. The second-order valence-corrected chi connectivity index (χ2v) is 4.41. The number of methoxy groups -OCH3 is 1. The minimum Gasteiger partial charge on any atom is -0.495 e. The first-order valence-corrected chi connectivity index (χ1v) is 6.01. The van der Waals surface area contributed by atoms with E-state index in [1.165, 1.54) is 0 Å². The summed E-state index contributed by atoms with van der Waals surface area (Å²) >= 11 is 5.91. The number of ether oxygens (including phenoxy) is 1. The zero-order valence-corrected chi connectivity index (χ0v) is 10.9. The summed E-state index contributed by atoms with van der Waals surface area (Å²) in [5.41, 5.74) is 8.06. The molecule has 0 saturated carbocycles. The number of fused-ring (bicyclic) bond motifs is 1. The van der Waals surface area contributed by atoms with Crippen molar-refractivity contribution in [1.82, 2.24) is 14.5 Å². The molecule has 0 aliphatic heterocycles. The third-order valence-electron chi connectivity index (χ3n) is 2.82. The Kier molecular flexibility index (Phi) is 2.76. The van der Waals surface area contributed by atoms with E-state index in [2.05, 4.69) is 9.97 Å². The Morgan fingerprint density at radius 2 is 2.11 bits per heavy atom. The summed E-state index contributed by atoms with van der Waals surface area (Å²) in [5.74, 6) is 1.04. The molecule has 0 aliphatic rings. The summed E-state index contributed by atoms with van der Waals surface area (Å²) in [5, 5.41) is 0.525.